The van der Waals surface area contributed by atoms with Crippen LogP contribution in [0.4, 0.5) is 5.69 Å². The van der Waals surface area contributed by atoms with Crippen LogP contribution >= 0.6 is 0 Å². The average Bonchev–Trinajstić information content (AvgIpc) is 2.31. The lowest BCUT2D eigenvalue weighted by Gasteiger charge is -2.19. The molecule has 0 radical (unpaired) electrons. The molecule has 0 amide bonds. The molecule has 19 heavy (non-hydrogen) atoms. The number of hydrogen-bond donors (Lipinski definition) is 2. The van der Waals surface area contributed by atoms with Crippen LogP contribution in [-0.2, 0) is 15.0 Å². The zero-order valence-electron chi connectivity index (χ0n) is 11.2. The molecule has 0 saturated carbocycles. The van der Waals surface area contributed by atoms with Crippen LogP contribution in [0, 0.1) is 13.8 Å². The number of benzene rings is 1. The highest BCUT2D eigenvalue weighted by molar-refractivity contribution is 7.90. The van der Waals surface area contributed by atoms with Crippen molar-refractivity contribution in [3.05, 3.63) is 29.3 Å². The molecule has 0 saturated heterocycles. The maximum Gasteiger partial charge on any atom is 0.304 e. The number of nitrogens with one attached hydrogen (secondary N) is 1. The van der Waals surface area contributed by atoms with Gasteiger partial charge in [-0.05, 0) is 25.0 Å². The standard InChI is InChI=1S/C12H18N2O4S/c1-9-5-4-6-10(2)12(9)13-19(17,18)14(3)8-7-11(15)16/h4-6,13H,7-8H2,1-3H3,(H,15,16). The van der Waals surface area contributed by atoms with Crippen molar-refractivity contribution in [3.8, 4) is 0 Å². The molecule has 0 aliphatic rings. The number of carboxylic acid groups (broad SMARTS) is 1. The highest BCUT2D eigenvalue weighted by atomic mass is 32.2. The fourth-order valence-corrected chi connectivity index (χ4v) is 2.62. The molecule has 0 aliphatic carbocycles. The van der Waals surface area contributed by atoms with Crippen molar-refractivity contribution >= 4 is 21.9 Å². The molecule has 6 nitrogen and oxygen atoms in total. The van der Waals surface area contributed by atoms with Crippen LogP contribution in [0.3, 0.4) is 0 Å². The number of anilines is 1. The highest BCUT2D eigenvalue weighted by Crippen LogP contribution is 2.21. The lowest BCUT2D eigenvalue weighted by molar-refractivity contribution is -0.137. The highest BCUT2D eigenvalue weighted by Gasteiger charge is 2.19. The molecule has 0 spiro atoms. The maximum absolute atomic E-state index is 12.0. The van der Waals surface area contributed by atoms with Crippen LogP contribution in [-0.4, -0.2) is 37.4 Å². The number of aliphatic carboxylic acids is 1. The molecule has 2 N–H and O–H groups in total. The fourth-order valence-electron chi connectivity index (χ4n) is 1.56. The van der Waals surface area contributed by atoms with Crippen molar-refractivity contribution < 1.29 is 18.3 Å². The van der Waals surface area contributed by atoms with E-state index in [1.165, 1.54) is 7.05 Å². The molecule has 0 aromatic heterocycles. The van der Waals surface area contributed by atoms with Gasteiger partial charge in [-0.1, -0.05) is 18.2 Å². The second kappa shape index (κ2) is 6.03. The quantitative estimate of drug-likeness (QED) is 0.827. The molecule has 0 unspecified atom stereocenters. The minimum absolute atomic E-state index is 0.0738. The third-order valence-corrected chi connectivity index (χ3v) is 4.23. The van der Waals surface area contributed by atoms with E-state index in [2.05, 4.69) is 4.72 Å². The topological polar surface area (TPSA) is 86.7 Å². The van der Waals surface area contributed by atoms with Gasteiger partial charge < -0.3 is 5.11 Å². The van der Waals surface area contributed by atoms with Gasteiger partial charge in [0, 0.05) is 13.6 Å². The molecule has 0 fully saturated rings. The lowest BCUT2D eigenvalue weighted by atomic mass is 10.1. The van der Waals surface area contributed by atoms with Gasteiger partial charge in [0.15, 0.2) is 0 Å². The van der Waals surface area contributed by atoms with Gasteiger partial charge in [0.2, 0.25) is 0 Å². The van der Waals surface area contributed by atoms with Crippen LogP contribution in [0.25, 0.3) is 0 Å². The van der Waals surface area contributed by atoms with E-state index in [4.69, 9.17) is 5.11 Å². The van der Waals surface area contributed by atoms with Crippen molar-refractivity contribution in [1.29, 1.82) is 0 Å². The third kappa shape index (κ3) is 4.22. The SMILES string of the molecule is Cc1cccc(C)c1NS(=O)(=O)N(C)CCC(=O)O. The number of rotatable bonds is 6. The Morgan fingerprint density at radius 2 is 1.84 bits per heavy atom. The van der Waals surface area contributed by atoms with Crippen molar-refractivity contribution in [2.24, 2.45) is 0 Å². The van der Waals surface area contributed by atoms with Crippen molar-refractivity contribution in [3.63, 3.8) is 0 Å². The molecule has 0 bridgehead atoms. The van der Waals surface area contributed by atoms with Crippen LogP contribution < -0.4 is 4.72 Å². The third-order valence-electron chi connectivity index (χ3n) is 2.76. The summed E-state index contributed by atoms with van der Waals surface area (Å²) in [6.07, 6.45) is -0.232. The van der Waals surface area contributed by atoms with Gasteiger partial charge in [-0.2, -0.15) is 12.7 Å². The summed E-state index contributed by atoms with van der Waals surface area (Å²) in [6.45, 7) is 3.54. The lowest BCUT2D eigenvalue weighted by Crippen LogP contribution is -2.34. The van der Waals surface area contributed by atoms with Crippen molar-refractivity contribution in [1.82, 2.24) is 4.31 Å². The molecular weight excluding hydrogens is 268 g/mol. The summed E-state index contributed by atoms with van der Waals surface area (Å²) < 4.78 is 27.6. The number of aryl methyl sites for hydroxylation is 2. The normalized spacial score (nSPS) is 11.6. The van der Waals surface area contributed by atoms with E-state index >= 15 is 0 Å². The van der Waals surface area contributed by atoms with Gasteiger partial charge in [-0.25, -0.2) is 0 Å². The molecule has 1 aromatic carbocycles. The largest absolute Gasteiger partial charge is 0.481 e. The summed E-state index contributed by atoms with van der Waals surface area (Å²) in [5, 5.41) is 8.56. The first-order valence-corrected chi connectivity index (χ1v) is 7.20. The monoisotopic (exact) mass is 286 g/mol. The molecule has 0 atom stereocenters. The minimum atomic E-state index is -3.73. The zero-order valence-corrected chi connectivity index (χ0v) is 12.0. The number of nitrogens with zero attached hydrogens (tertiary/aromatic N) is 1. The van der Waals surface area contributed by atoms with Gasteiger partial charge >= 0.3 is 16.2 Å². The van der Waals surface area contributed by atoms with Gasteiger partial charge in [-0.3, -0.25) is 9.52 Å². The van der Waals surface area contributed by atoms with E-state index < -0.39 is 16.2 Å². The van der Waals surface area contributed by atoms with Crippen molar-refractivity contribution in [2.45, 2.75) is 20.3 Å². The van der Waals surface area contributed by atoms with E-state index in [9.17, 15) is 13.2 Å². The van der Waals surface area contributed by atoms with Gasteiger partial charge in [-0.15, -0.1) is 0 Å². The zero-order chi connectivity index (χ0) is 14.6. The Bertz CT molecular complexity index is 549. The first kappa shape index (κ1) is 15.5. The summed E-state index contributed by atoms with van der Waals surface area (Å²) in [5.41, 5.74) is 2.16. The van der Waals surface area contributed by atoms with E-state index in [1.54, 1.807) is 0 Å². The predicted molar refractivity (Wildman–Crippen MR) is 73.3 cm³/mol. The minimum Gasteiger partial charge on any atom is -0.481 e. The Hall–Kier alpha value is -1.60. The number of hydrogen-bond acceptors (Lipinski definition) is 3. The van der Waals surface area contributed by atoms with Gasteiger partial charge in [0.1, 0.15) is 0 Å². The second-order valence-electron chi connectivity index (χ2n) is 4.34. The Morgan fingerprint density at radius 1 is 1.32 bits per heavy atom. The summed E-state index contributed by atoms with van der Waals surface area (Å²) in [5.74, 6) is -1.03. The summed E-state index contributed by atoms with van der Waals surface area (Å²) in [4.78, 5) is 10.5. The Kier molecular flexibility index (Phi) is 4.90. The Morgan fingerprint density at radius 3 is 2.32 bits per heavy atom. The number of carboxylic acids is 1. The molecule has 106 valence electrons. The number of carbonyl (C=O) groups is 1. The molecule has 0 aliphatic heterocycles. The first-order valence-electron chi connectivity index (χ1n) is 5.76. The first-order chi connectivity index (χ1) is 8.74. The van der Waals surface area contributed by atoms with Crippen LogP contribution in [0.1, 0.15) is 17.5 Å². The molecule has 1 rings (SSSR count). The van der Waals surface area contributed by atoms with Crippen LogP contribution in [0.2, 0.25) is 0 Å². The van der Waals surface area contributed by atoms with E-state index in [0.29, 0.717) is 5.69 Å². The van der Waals surface area contributed by atoms with Crippen LogP contribution in [0.5, 0.6) is 0 Å². The van der Waals surface area contributed by atoms with Gasteiger partial charge in [0.05, 0.1) is 12.1 Å². The smallest absolute Gasteiger partial charge is 0.304 e. The summed E-state index contributed by atoms with van der Waals surface area (Å²) in [7, 11) is -2.39. The van der Waals surface area contributed by atoms with Crippen molar-refractivity contribution in [2.75, 3.05) is 18.3 Å². The van der Waals surface area contributed by atoms with E-state index in [0.717, 1.165) is 15.4 Å². The Balaban J connectivity index is 2.88. The molecule has 1 aromatic rings. The maximum atomic E-state index is 12.0. The summed E-state index contributed by atoms with van der Waals surface area (Å²) in [6, 6.07) is 5.46. The van der Waals surface area contributed by atoms with E-state index in [-0.39, 0.29) is 13.0 Å². The Labute approximate surface area is 113 Å². The summed E-state index contributed by atoms with van der Waals surface area (Å²) >= 11 is 0. The predicted octanol–water partition coefficient (Wildman–Crippen LogP) is 1.37. The fraction of sp³-hybridized carbons (Fsp3) is 0.417. The molecule has 7 heteroatoms. The molecular formula is C12H18N2O4S. The van der Waals surface area contributed by atoms with Gasteiger partial charge in [0.25, 0.3) is 0 Å². The average molecular weight is 286 g/mol. The van der Waals surface area contributed by atoms with Crippen LogP contribution in [0.15, 0.2) is 18.2 Å². The second-order valence-corrected chi connectivity index (χ2v) is 6.12. The molecule has 0 heterocycles. The number of para-hydroxylation sites is 1. The van der Waals surface area contributed by atoms with E-state index in [1.807, 2.05) is 32.0 Å².